The first-order valence-corrected chi connectivity index (χ1v) is 4.55. The fraction of sp³-hybridized carbons (Fsp3) is 0.250. The molecule has 2 nitrogen and oxygen atoms in total. The number of hydrogen-bond acceptors (Lipinski definition) is 2. The van der Waals surface area contributed by atoms with Crippen LogP contribution in [0.15, 0.2) is 30.3 Å². The van der Waals surface area contributed by atoms with Crippen LogP contribution in [0.5, 0.6) is 0 Å². The van der Waals surface area contributed by atoms with Gasteiger partial charge in [0.25, 0.3) is 0 Å². The molecule has 0 atom stereocenters. The van der Waals surface area contributed by atoms with Gasteiger partial charge >= 0.3 is 0 Å². The summed E-state index contributed by atoms with van der Waals surface area (Å²) in [4.78, 5) is 12.8. The summed E-state index contributed by atoms with van der Waals surface area (Å²) >= 11 is 0. The fourth-order valence-corrected chi connectivity index (χ4v) is 1.12. The largest absolute Gasteiger partial charge is 0.378 e. The van der Waals surface area contributed by atoms with Crippen LogP contribution in [0, 0.1) is 0 Å². The maximum Gasteiger partial charge on any atom is 0.152 e. The zero-order chi connectivity index (χ0) is 10.6. The van der Waals surface area contributed by atoms with Gasteiger partial charge in [0.2, 0.25) is 0 Å². The van der Waals surface area contributed by atoms with Gasteiger partial charge in [0, 0.05) is 19.8 Å². The number of rotatable bonds is 3. The van der Waals surface area contributed by atoms with Gasteiger partial charge in [0.1, 0.15) is 0 Å². The van der Waals surface area contributed by atoms with E-state index in [1.807, 2.05) is 49.3 Å². The molecule has 0 fully saturated rings. The van der Waals surface area contributed by atoms with Crippen molar-refractivity contribution in [2.24, 2.45) is 0 Å². The van der Waals surface area contributed by atoms with Crippen molar-refractivity contribution in [1.29, 1.82) is 0 Å². The minimum atomic E-state index is 0.0697. The molecule has 1 aromatic rings. The standard InChI is InChI=1S/C12H15NO/c1-10(14)7-8-11-5-4-6-12(9-11)13(2)3/h4-9H,1-3H3/b8-7+. The number of allylic oxidation sites excluding steroid dienone is 1. The number of benzene rings is 1. The Morgan fingerprint density at radius 2 is 2.07 bits per heavy atom. The summed E-state index contributed by atoms with van der Waals surface area (Å²) in [5, 5.41) is 0. The average molecular weight is 189 g/mol. The van der Waals surface area contributed by atoms with Crippen molar-refractivity contribution in [2.75, 3.05) is 19.0 Å². The van der Waals surface area contributed by atoms with E-state index >= 15 is 0 Å². The van der Waals surface area contributed by atoms with Gasteiger partial charge in [-0.05, 0) is 30.7 Å². The monoisotopic (exact) mass is 189 g/mol. The van der Waals surface area contributed by atoms with Crippen molar-refractivity contribution in [3.05, 3.63) is 35.9 Å². The maximum atomic E-state index is 10.7. The molecular formula is C12H15NO. The van der Waals surface area contributed by atoms with E-state index in [0.717, 1.165) is 11.3 Å². The highest BCUT2D eigenvalue weighted by Crippen LogP contribution is 2.14. The van der Waals surface area contributed by atoms with E-state index in [0.29, 0.717) is 0 Å². The first-order valence-electron chi connectivity index (χ1n) is 4.55. The van der Waals surface area contributed by atoms with E-state index in [4.69, 9.17) is 0 Å². The normalized spacial score (nSPS) is 10.5. The first-order chi connectivity index (χ1) is 6.59. The molecule has 0 N–H and O–H groups in total. The van der Waals surface area contributed by atoms with Gasteiger partial charge in [0.05, 0.1) is 0 Å². The number of hydrogen-bond donors (Lipinski definition) is 0. The molecule has 0 saturated heterocycles. The zero-order valence-electron chi connectivity index (χ0n) is 8.82. The van der Waals surface area contributed by atoms with Crippen LogP contribution in [0.2, 0.25) is 0 Å². The van der Waals surface area contributed by atoms with Crippen LogP contribution in [-0.2, 0) is 4.79 Å². The second-order valence-electron chi connectivity index (χ2n) is 3.43. The van der Waals surface area contributed by atoms with Crippen molar-refractivity contribution < 1.29 is 4.79 Å². The molecule has 1 aromatic carbocycles. The number of carbonyl (C=O) groups excluding carboxylic acids is 1. The van der Waals surface area contributed by atoms with Crippen LogP contribution in [0.1, 0.15) is 12.5 Å². The van der Waals surface area contributed by atoms with Gasteiger partial charge in [0.15, 0.2) is 5.78 Å². The van der Waals surface area contributed by atoms with Crippen molar-refractivity contribution in [2.45, 2.75) is 6.92 Å². The number of ketones is 1. The third-order valence-electron chi connectivity index (χ3n) is 1.90. The van der Waals surface area contributed by atoms with E-state index in [1.54, 1.807) is 13.0 Å². The summed E-state index contributed by atoms with van der Waals surface area (Å²) in [6.45, 7) is 1.55. The molecule has 0 aliphatic rings. The minimum Gasteiger partial charge on any atom is -0.378 e. The second-order valence-corrected chi connectivity index (χ2v) is 3.43. The summed E-state index contributed by atoms with van der Waals surface area (Å²) in [5.41, 5.74) is 2.18. The van der Waals surface area contributed by atoms with Gasteiger partial charge in [-0.25, -0.2) is 0 Å². The molecule has 0 unspecified atom stereocenters. The van der Waals surface area contributed by atoms with Crippen molar-refractivity contribution >= 4 is 17.5 Å². The highest BCUT2D eigenvalue weighted by molar-refractivity contribution is 5.91. The lowest BCUT2D eigenvalue weighted by molar-refractivity contribution is -0.112. The predicted octanol–water partition coefficient (Wildman–Crippen LogP) is 2.35. The molecule has 0 spiro atoms. The summed E-state index contributed by atoms with van der Waals surface area (Å²) < 4.78 is 0. The Kier molecular flexibility index (Phi) is 3.46. The average Bonchev–Trinajstić information content (AvgIpc) is 2.15. The molecule has 0 bridgehead atoms. The van der Waals surface area contributed by atoms with Crippen LogP contribution in [0.25, 0.3) is 6.08 Å². The van der Waals surface area contributed by atoms with Gasteiger partial charge < -0.3 is 4.90 Å². The topological polar surface area (TPSA) is 20.3 Å². The Hall–Kier alpha value is -1.57. The van der Waals surface area contributed by atoms with Crippen LogP contribution < -0.4 is 4.90 Å². The maximum absolute atomic E-state index is 10.7. The third kappa shape index (κ3) is 3.05. The molecule has 14 heavy (non-hydrogen) atoms. The van der Waals surface area contributed by atoms with E-state index in [1.165, 1.54) is 0 Å². The van der Waals surface area contributed by atoms with Gasteiger partial charge in [-0.2, -0.15) is 0 Å². The molecule has 0 amide bonds. The molecule has 0 aliphatic heterocycles. The van der Waals surface area contributed by atoms with E-state index in [9.17, 15) is 4.79 Å². The summed E-state index contributed by atoms with van der Waals surface area (Å²) in [6.07, 6.45) is 3.41. The molecule has 0 aromatic heterocycles. The summed E-state index contributed by atoms with van der Waals surface area (Å²) in [7, 11) is 3.99. The molecule has 0 saturated carbocycles. The van der Waals surface area contributed by atoms with Crippen LogP contribution in [0.3, 0.4) is 0 Å². The van der Waals surface area contributed by atoms with E-state index in [2.05, 4.69) is 0 Å². The lowest BCUT2D eigenvalue weighted by atomic mass is 10.1. The number of nitrogens with zero attached hydrogens (tertiary/aromatic N) is 1. The number of carbonyl (C=O) groups is 1. The van der Waals surface area contributed by atoms with Gasteiger partial charge in [-0.15, -0.1) is 0 Å². The second kappa shape index (κ2) is 4.61. The molecule has 0 aliphatic carbocycles. The van der Waals surface area contributed by atoms with E-state index in [-0.39, 0.29) is 5.78 Å². The molecule has 2 heteroatoms. The summed E-state index contributed by atoms with van der Waals surface area (Å²) in [6, 6.07) is 8.03. The van der Waals surface area contributed by atoms with Gasteiger partial charge in [-0.3, -0.25) is 4.79 Å². The Balaban J connectivity index is 2.89. The van der Waals surface area contributed by atoms with Crippen molar-refractivity contribution in [3.8, 4) is 0 Å². The first kappa shape index (κ1) is 10.5. The van der Waals surface area contributed by atoms with E-state index < -0.39 is 0 Å². The Labute approximate surface area is 84.9 Å². The van der Waals surface area contributed by atoms with Crippen LogP contribution in [0.4, 0.5) is 5.69 Å². The molecule has 0 radical (unpaired) electrons. The SMILES string of the molecule is CC(=O)/C=C/c1cccc(N(C)C)c1. The third-order valence-corrected chi connectivity index (χ3v) is 1.90. The highest BCUT2D eigenvalue weighted by atomic mass is 16.1. The quantitative estimate of drug-likeness (QED) is 0.680. The zero-order valence-corrected chi connectivity index (χ0v) is 8.82. The Morgan fingerprint density at radius 1 is 1.36 bits per heavy atom. The molecule has 0 heterocycles. The lowest BCUT2D eigenvalue weighted by Gasteiger charge is -2.12. The molecular weight excluding hydrogens is 174 g/mol. The van der Waals surface area contributed by atoms with Crippen molar-refractivity contribution in [3.63, 3.8) is 0 Å². The minimum absolute atomic E-state index is 0.0697. The summed E-state index contributed by atoms with van der Waals surface area (Å²) in [5.74, 6) is 0.0697. The lowest BCUT2D eigenvalue weighted by Crippen LogP contribution is -2.08. The number of anilines is 1. The van der Waals surface area contributed by atoms with Gasteiger partial charge in [-0.1, -0.05) is 18.2 Å². The highest BCUT2D eigenvalue weighted by Gasteiger charge is 1.94. The van der Waals surface area contributed by atoms with Crippen molar-refractivity contribution in [1.82, 2.24) is 0 Å². The molecule has 1 rings (SSSR count). The predicted molar refractivity (Wildman–Crippen MR) is 60.5 cm³/mol. The Bertz CT molecular complexity index is 353. The smallest absolute Gasteiger partial charge is 0.152 e. The molecule has 74 valence electrons. The Morgan fingerprint density at radius 3 is 2.64 bits per heavy atom. The fourth-order valence-electron chi connectivity index (χ4n) is 1.12. The van der Waals surface area contributed by atoms with Crippen LogP contribution >= 0.6 is 0 Å². The van der Waals surface area contributed by atoms with Crippen LogP contribution in [-0.4, -0.2) is 19.9 Å².